The average molecular weight is 614 g/mol. The second-order valence-electron chi connectivity index (χ2n) is 10.8. The highest BCUT2D eigenvalue weighted by Gasteiger charge is 2.49. The minimum atomic E-state index is -0.962. The van der Waals surface area contributed by atoms with Crippen LogP contribution in [0.15, 0.2) is 121 Å². The fraction of sp³-hybridized carbons (Fsp3) is 0.333. The zero-order chi connectivity index (χ0) is 31.1. The predicted molar refractivity (Wildman–Crippen MR) is 168 cm³/mol. The van der Waals surface area contributed by atoms with Gasteiger partial charge in [-0.25, -0.2) is 0 Å². The maximum absolute atomic E-state index is 11.2. The molecule has 5 rings (SSSR count). The van der Waals surface area contributed by atoms with Crippen molar-refractivity contribution in [1.82, 2.24) is 0 Å². The third-order valence-corrected chi connectivity index (χ3v) is 7.40. The summed E-state index contributed by atoms with van der Waals surface area (Å²) in [5.41, 5.74) is 3.96. The van der Waals surface area contributed by atoms with Gasteiger partial charge in [0.15, 0.2) is 6.29 Å². The highest BCUT2D eigenvalue weighted by atomic mass is 16.7. The van der Waals surface area contributed by atoms with Crippen molar-refractivity contribution in [2.24, 2.45) is 0 Å². The third-order valence-electron chi connectivity index (χ3n) is 7.40. The number of benzene rings is 4. The van der Waals surface area contributed by atoms with Gasteiger partial charge in [0.05, 0.1) is 33.0 Å². The smallest absolute Gasteiger partial charge is 0.227 e. The Morgan fingerprint density at radius 2 is 0.978 bits per heavy atom. The Labute approximate surface area is 263 Å². The zero-order valence-electron chi connectivity index (χ0n) is 25.1. The molecule has 0 N–H and O–H groups in total. The van der Waals surface area contributed by atoms with Crippen molar-refractivity contribution in [3.05, 3.63) is 154 Å². The van der Waals surface area contributed by atoms with E-state index < -0.39 is 35.6 Å². The first kappa shape index (κ1) is 32.4. The topological polar surface area (TPSA) is 98.5 Å². The molecule has 0 bridgehead atoms. The van der Waals surface area contributed by atoms with Gasteiger partial charge in [-0.2, -0.15) is 0 Å². The lowest BCUT2D eigenvalue weighted by atomic mass is 9.97. The van der Waals surface area contributed by atoms with E-state index in [-0.39, 0.29) is 26.4 Å². The molecule has 0 unspecified atom stereocenters. The van der Waals surface area contributed by atoms with Crippen LogP contribution in [0.1, 0.15) is 22.3 Å². The van der Waals surface area contributed by atoms with Gasteiger partial charge in [0.25, 0.3) is 0 Å². The van der Waals surface area contributed by atoms with Gasteiger partial charge in [-0.15, -0.1) is 0 Å². The molecule has 1 aliphatic heterocycles. The molecule has 4 aromatic rings. The van der Waals surface area contributed by atoms with Crippen LogP contribution in [0.25, 0.3) is 0 Å². The van der Waals surface area contributed by atoms with Crippen molar-refractivity contribution >= 4 is 0 Å². The second-order valence-corrected chi connectivity index (χ2v) is 10.8. The number of nitrogens with zero attached hydrogens (tertiary/aromatic N) is 1. The van der Waals surface area contributed by atoms with Crippen molar-refractivity contribution in [2.45, 2.75) is 57.1 Å². The summed E-state index contributed by atoms with van der Waals surface area (Å²) < 4.78 is 38.3. The molecule has 1 saturated heterocycles. The average Bonchev–Trinajstić information content (AvgIpc) is 3.08. The van der Waals surface area contributed by atoms with Crippen LogP contribution in [-0.2, 0) is 54.8 Å². The molecular weight excluding hydrogens is 574 g/mol. The van der Waals surface area contributed by atoms with Crippen molar-refractivity contribution in [3.8, 4) is 0 Å². The van der Waals surface area contributed by atoms with E-state index in [1.807, 2.05) is 121 Å². The summed E-state index contributed by atoms with van der Waals surface area (Å²) in [7, 11) is 0. The van der Waals surface area contributed by atoms with Gasteiger partial charge < -0.3 is 28.4 Å². The van der Waals surface area contributed by atoms with Gasteiger partial charge in [0, 0.05) is 4.92 Å². The van der Waals surface area contributed by atoms with Gasteiger partial charge >= 0.3 is 0 Å². The zero-order valence-corrected chi connectivity index (χ0v) is 25.1. The Hall–Kier alpha value is -3.96. The van der Waals surface area contributed by atoms with E-state index in [2.05, 4.69) is 0 Å². The molecule has 0 amide bonds. The van der Waals surface area contributed by atoms with E-state index >= 15 is 0 Å². The summed E-state index contributed by atoms with van der Waals surface area (Å²) in [4.78, 5) is 10.7. The van der Waals surface area contributed by atoms with Crippen molar-refractivity contribution in [2.75, 3.05) is 19.8 Å². The third kappa shape index (κ3) is 10.3. The normalized spacial score (nSPS) is 21.4. The SMILES string of the molecule is O=[N+]([O-])CCO[C@H]1O[C@H](COCc2ccccc2)[C@@H](OCc2ccccc2)[C@H](OCc2ccccc2)[C@H]1OCc1ccccc1. The van der Waals surface area contributed by atoms with Crippen molar-refractivity contribution < 1.29 is 33.3 Å². The summed E-state index contributed by atoms with van der Waals surface area (Å²) in [6, 6.07) is 39.4. The molecule has 1 heterocycles. The molecule has 1 fully saturated rings. The van der Waals surface area contributed by atoms with Crippen LogP contribution in [0.4, 0.5) is 0 Å². The number of ether oxygens (including phenoxy) is 6. The Morgan fingerprint density at radius 3 is 1.44 bits per heavy atom. The van der Waals surface area contributed by atoms with Crippen LogP contribution in [0.5, 0.6) is 0 Å². The predicted octanol–water partition coefficient (Wildman–Crippen LogP) is 5.98. The van der Waals surface area contributed by atoms with Crippen LogP contribution in [0, 0.1) is 10.1 Å². The van der Waals surface area contributed by atoms with Crippen LogP contribution >= 0.6 is 0 Å². The minimum Gasteiger partial charge on any atom is -0.374 e. The van der Waals surface area contributed by atoms with Gasteiger partial charge in [0.2, 0.25) is 6.54 Å². The summed E-state index contributed by atoms with van der Waals surface area (Å²) in [5.74, 6) is 0. The molecule has 0 spiro atoms. The molecule has 9 nitrogen and oxygen atoms in total. The molecule has 0 saturated carbocycles. The van der Waals surface area contributed by atoms with Gasteiger partial charge in [-0.05, 0) is 22.3 Å². The molecule has 9 heteroatoms. The fourth-order valence-electron chi connectivity index (χ4n) is 5.12. The Balaban J connectivity index is 1.42. The number of rotatable bonds is 17. The highest BCUT2D eigenvalue weighted by molar-refractivity contribution is 5.16. The largest absolute Gasteiger partial charge is 0.374 e. The van der Waals surface area contributed by atoms with Crippen LogP contribution in [-0.4, -0.2) is 55.4 Å². The monoisotopic (exact) mass is 613 g/mol. The van der Waals surface area contributed by atoms with Crippen molar-refractivity contribution in [3.63, 3.8) is 0 Å². The first-order valence-electron chi connectivity index (χ1n) is 15.1. The van der Waals surface area contributed by atoms with E-state index in [9.17, 15) is 10.1 Å². The molecule has 5 atom stereocenters. The molecule has 0 aromatic heterocycles. The van der Waals surface area contributed by atoms with E-state index in [0.717, 1.165) is 22.3 Å². The summed E-state index contributed by atoms with van der Waals surface area (Å²) in [5, 5.41) is 11.2. The maximum atomic E-state index is 11.2. The highest BCUT2D eigenvalue weighted by Crippen LogP contribution is 2.31. The minimum absolute atomic E-state index is 0.151. The fourth-order valence-corrected chi connectivity index (χ4v) is 5.12. The lowest BCUT2D eigenvalue weighted by Gasteiger charge is -2.45. The number of nitro groups is 1. The van der Waals surface area contributed by atoms with Gasteiger partial charge in [-0.1, -0.05) is 121 Å². The standard InChI is InChI=1S/C36H39NO8/c38-37(39)21-22-41-36-35(44-26-31-19-11-4-12-20-31)34(43-25-30-17-9-3-10-18-30)33(42-24-29-15-7-2-8-16-29)32(45-36)27-40-23-28-13-5-1-6-14-28/h1-20,32-36H,21-27H2/t32-,33-,34+,35-,36+/m1/s1. The first-order chi connectivity index (χ1) is 22.2. The molecule has 45 heavy (non-hydrogen) atoms. The lowest BCUT2D eigenvalue weighted by Crippen LogP contribution is -2.62. The van der Waals surface area contributed by atoms with Gasteiger partial charge in [-0.3, -0.25) is 10.1 Å². The van der Waals surface area contributed by atoms with Crippen molar-refractivity contribution in [1.29, 1.82) is 0 Å². The number of hydrogen-bond acceptors (Lipinski definition) is 8. The van der Waals surface area contributed by atoms with E-state index in [1.54, 1.807) is 0 Å². The van der Waals surface area contributed by atoms with Gasteiger partial charge in [0.1, 0.15) is 31.0 Å². The molecule has 0 radical (unpaired) electrons. The molecule has 236 valence electrons. The number of hydrogen-bond donors (Lipinski definition) is 0. The van der Waals surface area contributed by atoms with Crippen LogP contribution in [0.3, 0.4) is 0 Å². The summed E-state index contributed by atoms with van der Waals surface area (Å²) in [6.07, 6.45) is -3.60. The maximum Gasteiger partial charge on any atom is 0.227 e. The van der Waals surface area contributed by atoms with Crippen LogP contribution < -0.4 is 0 Å². The Kier molecular flexibility index (Phi) is 12.6. The molecule has 0 aliphatic carbocycles. The van der Waals surface area contributed by atoms with E-state index in [1.165, 1.54) is 0 Å². The molecular formula is C36H39NO8. The quantitative estimate of drug-likeness (QED) is 0.106. The Morgan fingerprint density at radius 1 is 0.556 bits per heavy atom. The molecule has 1 aliphatic rings. The van der Waals surface area contributed by atoms with E-state index in [0.29, 0.717) is 19.8 Å². The first-order valence-corrected chi connectivity index (χ1v) is 15.1. The Bertz CT molecular complexity index is 1390. The summed E-state index contributed by atoms with van der Waals surface area (Å²) >= 11 is 0. The van der Waals surface area contributed by atoms with E-state index in [4.69, 9.17) is 28.4 Å². The second kappa shape index (κ2) is 17.5. The summed E-state index contributed by atoms with van der Waals surface area (Å²) in [6.45, 7) is 0.901. The molecule has 4 aromatic carbocycles. The van der Waals surface area contributed by atoms with Crippen LogP contribution in [0.2, 0.25) is 0 Å². The lowest BCUT2D eigenvalue weighted by molar-refractivity contribution is -0.487.